The van der Waals surface area contributed by atoms with Gasteiger partial charge in [0.05, 0.1) is 24.8 Å². The molecule has 0 heterocycles. The minimum atomic E-state index is -4.13. The Labute approximate surface area is 268 Å². The number of carbonyl (C=O) groups excluding carboxylic acids is 5. The van der Waals surface area contributed by atoms with Crippen molar-refractivity contribution in [1.29, 1.82) is 0 Å². The van der Waals surface area contributed by atoms with Gasteiger partial charge in [-0.05, 0) is 42.6 Å². The summed E-state index contributed by atoms with van der Waals surface area (Å²) < 4.78 is 33.4. The topological polar surface area (TPSA) is 214 Å². The lowest BCUT2D eigenvalue weighted by atomic mass is 9.70. The lowest BCUT2D eigenvalue weighted by Crippen LogP contribution is -2.56. The maximum atomic E-state index is 13.0. The molecule has 2 bridgehead atoms. The van der Waals surface area contributed by atoms with E-state index in [1.807, 2.05) is 19.9 Å². The molecule has 3 rings (SSSR count). The SMILES string of the molecule is CC(NC(=O)C(NC(=O)OCc1ccccc1)C(C)C)C(=O)NC(CC(=O)O)C(=O)CNS(=O)(=O)CC12CCC(CC1=O)C2(C)C. The number of alkyl carbamates (subject to hydrolysis) is 1. The summed E-state index contributed by atoms with van der Waals surface area (Å²) in [6.45, 7) is 7.58. The van der Waals surface area contributed by atoms with Crippen molar-refractivity contribution in [2.75, 3.05) is 12.3 Å². The highest BCUT2D eigenvalue weighted by Crippen LogP contribution is 2.64. The van der Waals surface area contributed by atoms with Crippen LogP contribution in [-0.2, 0) is 45.3 Å². The van der Waals surface area contributed by atoms with Gasteiger partial charge in [0.25, 0.3) is 0 Å². The van der Waals surface area contributed by atoms with E-state index in [-0.39, 0.29) is 18.3 Å². The molecule has 1 aromatic carbocycles. The minimum Gasteiger partial charge on any atom is -0.481 e. The van der Waals surface area contributed by atoms with Gasteiger partial charge in [0.1, 0.15) is 24.5 Å². The molecule has 0 spiro atoms. The third kappa shape index (κ3) is 8.69. The van der Waals surface area contributed by atoms with E-state index in [1.54, 1.807) is 38.1 Å². The third-order valence-corrected chi connectivity index (χ3v) is 10.8. The summed E-state index contributed by atoms with van der Waals surface area (Å²) in [5.74, 6) is -4.88. The van der Waals surface area contributed by atoms with E-state index in [0.717, 1.165) is 12.0 Å². The number of aliphatic carboxylic acids is 1. The standard InChI is InChI=1S/C31H44N4O10S/c1-18(2)26(35-29(42)45-16-20-9-7-6-8-10-20)28(41)33-19(3)27(40)34-22(14-25(38)39)23(36)15-32-46(43,44)17-31-12-11-21(13-24(31)37)30(31,4)5/h6-10,18-19,21-22,26,32H,11-17H2,1-5H3,(H,33,41)(H,34,40)(H,35,42)(H,38,39). The van der Waals surface area contributed by atoms with Crippen molar-refractivity contribution in [3.8, 4) is 0 Å². The fraction of sp³-hybridized carbons (Fsp3) is 0.613. The predicted molar refractivity (Wildman–Crippen MR) is 166 cm³/mol. The first-order valence-corrected chi connectivity index (χ1v) is 16.9. The van der Waals surface area contributed by atoms with Crippen molar-refractivity contribution in [3.63, 3.8) is 0 Å². The van der Waals surface area contributed by atoms with Gasteiger partial charge in [-0.2, -0.15) is 0 Å². The smallest absolute Gasteiger partial charge is 0.408 e. The number of ether oxygens (including phenoxy) is 1. The van der Waals surface area contributed by atoms with Crippen molar-refractivity contribution >= 4 is 45.5 Å². The van der Waals surface area contributed by atoms with Gasteiger partial charge in [0.2, 0.25) is 21.8 Å². The number of hydrogen-bond acceptors (Lipinski definition) is 9. The van der Waals surface area contributed by atoms with Crippen molar-refractivity contribution in [1.82, 2.24) is 20.7 Å². The molecule has 5 N–H and O–H groups in total. The van der Waals surface area contributed by atoms with Gasteiger partial charge >= 0.3 is 12.1 Å². The molecule has 254 valence electrons. The Hall–Kier alpha value is -3.85. The quantitative estimate of drug-likeness (QED) is 0.171. The first kappa shape index (κ1) is 36.6. The second-order valence-electron chi connectivity index (χ2n) is 13.0. The van der Waals surface area contributed by atoms with E-state index >= 15 is 0 Å². The van der Waals surface area contributed by atoms with Crippen LogP contribution in [0.5, 0.6) is 0 Å². The second kappa shape index (κ2) is 14.7. The van der Waals surface area contributed by atoms with Crippen LogP contribution in [0.1, 0.15) is 65.9 Å². The van der Waals surface area contributed by atoms with Gasteiger partial charge in [0, 0.05) is 11.8 Å². The summed E-state index contributed by atoms with van der Waals surface area (Å²) in [7, 11) is -4.13. The van der Waals surface area contributed by atoms with Crippen LogP contribution >= 0.6 is 0 Å². The van der Waals surface area contributed by atoms with Crippen LogP contribution in [0, 0.1) is 22.7 Å². The summed E-state index contributed by atoms with van der Waals surface area (Å²) in [5, 5.41) is 16.5. The Balaban J connectivity index is 1.57. The lowest BCUT2D eigenvalue weighted by Gasteiger charge is -2.36. The zero-order chi connectivity index (χ0) is 34.4. The number of fused-ring (bicyclic) bond motifs is 2. The number of benzene rings is 1. The highest BCUT2D eigenvalue weighted by molar-refractivity contribution is 7.89. The Kier molecular flexibility index (Phi) is 11.7. The van der Waals surface area contributed by atoms with E-state index in [2.05, 4.69) is 20.7 Å². The monoisotopic (exact) mass is 664 g/mol. The van der Waals surface area contributed by atoms with Gasteiger partial charge in [0.15, 0.2) is 5.78 Å². The van der Waals surface area contributed by atoms with E-state index in [4.69, 9.17) is 4.74 Å². The molecular weight excluding hydrogens is 620 g/mol. The van der Waals surface area contributed by atoms with Crippen molar-refractivity contribution in [2.45, 2.75) is 85.0 Å². The molecule has 2 aliphatic carbocycles. The van der Waals surface area contributed by atoms with E-state index < -0.39 is 93.3 Å². The molecule has 0 aliphatic heterocycles. The van der Waals surface area contributed by atoms with Gasteiger partial charge in [-0.25, -0.2) is 17.9 Å². The van der Waals surface area contributed by atoms with Gasteiger partial charge < -0.3 is 25.8 Å². The molecule has 5 unspecified atom stereocenters. The molecule has 1 aromatic rings. The van der Waals surface area contributed by atoms with Crippen LogP contribution < -0.4 is 20.7 Å². The molecule has 5 atom stereocenters. The van der Waals surface area contributed by atoms with Gasteiger partial charge in [-0.15, -0.1) is 0 Å². The number of nitrogens with one attached hydrogen (secondary N) is 4. The highest BCUT2D eigenvalue weighted by atomic mass is 32.2. The van der Waals surface area contributed by atoms with Gasteiger partial charge in [-0.3, -0.25) is 24.0 Å². The molecule has 2 fully saturated rings. The largest absolute Gasteiger partial charge is 0.481 e. The molecule has 2 saturated carbocycles. The first-order chi connectivity index (χ1) is 21.4. The van der Waals surface area contributed by atoms with Crippen LogP contribution in [0.25, 0.3) is 0 Å². The molecule has 14 nitrogen and oxygen atoms in total. The number of carboxylic acids is 1. The lowest BCUT2D eigenvalue weighted by molar-refractivity contribution is -0.140. The molecule has 0 saturated heterocycles. The molecular formula is C31H44N4O10S. The summed E-state index contributed by atoms with van der Waals surface area (Å²) in [4.78, 5) is 75.4. The Morgan fingerprint density at radius 2 is 1.65 bits per heavy atom. The number of ketones is 2. The zero-order valence-electron chi connectivity index (χ0n) is 26.8. The Morgan fingerprint density at radius 1 is 1.00 bits per heavy atom. The van der Waals surface area contributed by atoms with Gasteiger partial charge in [-0.1, -0.05) is 58.0 Å². The third-order valence-electron chi connectivity index (χ3n) is 9.31. The van der Waals surface area contributed by atoms with E-state index in [0.29, 0.717) is 12.8 Å². The summed E-state index contributed by atoms with van der Waals surface area (Å²) in [6, 6.07) is 4.94. The molecule has 15 heteroatoms. The number of hydrogen-bond donors (Lipinski definition) is 5. The van der Waals surface area contributed by atoms with Crippen LogP contribution in [0.4, 0.5) is 4.79 Å². The number of Topliss-reactive ketones (excluding diaryl/α,β-unsaturated/α-hetero) is 2. The van der Waals surface area contributed by atoms with Crippen LogP contribution in [-0.4, -0.2) is 79.4 Å². The Morgan fingerprint density at radius 3 is 2.20 bits per heavy atom. The van der Waals surface area contributed by atoms with Crippen molar-refractivity contribution in [3.05, 3.63) is 35.9 Å². The number of sulfonamides is 1. The minimum absolute atomic E-state index is 0.0233. The molecule has 3 amide bonds. The highest BCUT2D eigenvalue weighted by Gasteiger charge is 2.65. The van der Waals surface area contributed by atoms with E-state index in [9.17, 15) is 42.3 Å². The average Bonchev–Trinajstić information content (AvgIpc) is 3.31. The maximum absolute atomic E-state index is 13.0. The first-order valence-electron chi connectivity index (χ1n) is 15.2. The fourth-order valence-electron chi connectivity index (χ4n) is 6.30. The molecule has 0 radical (unpaired) electrons. The Bertz CT molecular complexity index is 1450. The summed E-state index contributed by atoms with van der Waals surface area (Å²) in [6.07, 6.45) is -0.205. The van der Waals surface area contributed by atoms with Crippen molar-refractivity contribution in [2.24, 2.45) is 22.7 Å². The normalized spacial score (nSPS) is 22.0. The van der Waals surface area contributed by atoms with Crippen LogP contribution in [0.2, 0.25) is 0 Å². The number of rotatable bonds is 16. The van der Waals surface area contributed by atoms with Crippen molar-refractivity contribution < 1.29 is 47.0 Å². The average molecular weight is 665 g/mol. The fourth-order valence-corrected chi connectivity index (χ4v) is 8.09. The maximum Gasteiger partial charge on any atom is 0.408 e. The van der Waals surface area contributed by atoms with E-state index in [1.165, 1.54) is 6.92 Å². The molecule has 0 aromatic heterocycles. The van der Waals surface area contributed by atoms with Crippen LogP contribution in [0.15, 0.2) is 30.3 Å². The second-order valence-corrected chi connectivity index (χ2v) is 14.8. The molecule has 46 heavy (non-hydrogen) atoms. The summed E-state index contributed by atoms with van der Waals surface area (Å²) >= 11 is 0. The predicted octanol–water partition coefficient (Wildman–Crippen LogP) is 1.29. The van der Waals surface area contributed by atoms with Crippen LogP contribution in [0.3, 0.4) is 0 Å². The zero-order valence-corrected chi connectivity index (χ0v) is 27.6. The molecule has 2 aliphatic rings. The number of amides is 3. The number of carboxylic acid groups (broad SMARTS) is 1. The number of carbonyl (C=O) groups is 6. The summed E-state index contributed by atoms with van der Waals surface area (Å²) in [5.41, 5.74) is -0.835.